The molecule has 0 spiro atoms. The molecule has 1 N–H and O–H groups in total. The molecule has 19 heavy (non-hydrogen) atoms. The zero-order valence-electron chi connectivity index (χ0n) is 10.7. The van der Waals surface area contributed by atoms with Crippen molar-refractivity contribution in [1.82, 2.24) is 9.80 Å². The molecular formula is C13H16Br2N2O2. The van der Waals surface area contributed by atoms with Gasteiger partial charge in [-0.15, -0.1) is 0 Å². The van der Waals surface area contributed by atoms with Crippen LogP contribution < -0.4 is 0 Å². The van der Waals surface area contributed by atoms with E-state index in [0.29, 0.717) is 21.1 Å². The number of carbonyl (C=O) groups is 1. The van der Waals surface area contributed by atoms with Crippen LogP contribution in [-0.4, -0.2) is 60.5 Å². The quantitative estimate of drug-likeness (QED) is 0.803. The van der Waals surface area contributed by atoms with Gasteiger partial charge in [0.1, 0.15) is 5.75 Å². The van der Waals surface area contributed by atoms with Crippen molar-refractivity contribution < 1.29 is 9.90 Å². The second kappa shape index (κ2) is 6.35. The van der Waals surface area contributed by atoms with Crippen LogP contribution in [-0.2, 0) is 0 Å². The average molecular weight is 392 g/mol. The Morgan fingerprint density at radius 3 is 2.26 bits per heavy atom. The molecule has 104 valence electrons. The number of halogens is 2. The van der Waals surface area contributed by atoms with Crippen LogP contribution in [0.25, 0.3) is 0 Å². The minimum Gasteiger partial charge on any atom is -0.506 e. The molecule has 1 fully saturated rings. The maximum atomic E-state index is 12.2. The van der Waals surface area contributed by atoms with Gasteiger partial charge in [0.15, 0.2) is 5.78 Å². The van der Waals surface area contributed by atoms with Gasteiger partial charge in [-0.1, -0.05) is 0 Å². The van der Waals surface area contributed by atoms with Crippen molar-refractivity contribution in [3.8, 4) is 5.75 Å². The Labute approximate surface area is 129 Å². The monoisotopic (exact) mass is 390 g/mol. The number of phenolic OH excluding ortho intramolecular Hbond substituents is 1. The summed E-state index contributed by atoms with van der Waals surface area (Å²) in [7, 11) is 2.09. The van der Waals surface area contributed by atoms with Crippen molar-refractivity contribution in [2.75, 3.05) is 39.8 Å². The van der Waals surface area contributed by atoms with Gasteiger partial charge in [-0.2, -0.15) is 0 Å². The summed E-state index contributed by atoms with van der Waals surface area (Å²) in [5, 5.41) is 9.64. The summed E-state index contributed by atoms with van der Waals surface area (Å²) in [5.74, 6) is 0.196. The Balaban J connectivity index is 2.04. The first-order valence-electron chi connectivity index (χ1n) is 6.09. The molecule has 0 radical (unpaired) electrons. The number of nitrogens with zero attached hydrogens (tertiary/aromatic N) is 2. The summed E-state index contributed by atoms with van der Waals surface area (Å²) in [6, 6.07) is 3.33. The number of hydrogen-bond donors (Lipinski definition) is 1. The molecule has 0 saturated carbocycles. The molecule has 0 unspecified atom stereocenters. The zero-order valence-corrected chi connectivity index (χ0v) is 13.9. The molecule has 0 amide bonds. The number of hydrogen-bond acceptors (Lipinski definition) is 4. The van der Waals surface area contributed by atoms with Crippen LogP contribution in [0.2, 0.25) is 0 Å². The van der Waals surface area contributed by atoms with Crippen molar-refractivity contribution in [2.24, 2.45) is 0 Å². The van der Waals surface area contributed by atoms with E-state index in [-0.39, 0.29) is 11.5 Å². The third-order valence-electron chi connectivity index (χ3n) is 3.30. The van der Waals surface area contributed by atoms with Crippen LogP contribution >= 0.6 is 31.9 Å². The molecule has 1 aliphatic rings. The fraction of sp³-hybridized carbons (Fsp3) is 0.462. The number of carbonyl (C=O) groups excluding carboxylic acids is 1. The minimum atomic E-state index is 0.0750. The van der Waals surface area contributed by atoms with Gasteiger partial charge in [0, 0.05) is 31.7 Å². The highest BCUT2D eigenvalue weighted by Crippen LogP contribution is 2.33. The van der Waals surface area contributed by atoms with Gasteiger partial charge in [-0.25, -0.2) is 0 Å². The van der Waals surface area contributed by atoms with Crippen LogP contribution in [0.3, 0.4) is 0 Å². The molecule has 0 aliphatic carbocycles. The van der Waals surface area contributed by atoms with Gasteiger partial charge in [0.05, 0.1) is 15.5 Å². The van der Waals surface area contributed by atoms with E-state index < -0.39 is 0 Å². The number of phenols is 1. The predicted molar refractivity (Wildman–Crippen MR) is 81.8 cm³/mol. The number of piperazine rings is 1. The van der Waals surface area contributed by atoms with Crippen LogP contribution in [0.1, 0.15) is 10.4 Å². The number of benzene rings is 1. The van der Waals surface area contributed by atoms with Crippen molar-refractivity contribution in [2.45, 2.75) is 0 Å². The van der Waals surface area contributed by atoms with Crippen molar-refractivity contribution >= 4 is 37.6 Å². The highest BCUT2D eigenvalue weighted by atomic mass is 79.9. The summed E-state index contributed by atoms with van der Waals surface area (Å²) in [4.78, 5) is 16.7. The zero-order chi connectivity index (χ0) is 14.0. The number of rotatable bonds is 3. The second-order valence-corrected chi connectivity index (χ2v) is 6.50. The Kier molecular flexibility index (Phi) is 5.00. The smallest absolute Gasteiger partial charge is 0.176 e. The van der Waals surface area contributed by atoms with Gasteiger partial charge in [-0.05, 0) is 51.0 Å². The maximum absolute atomic E-state index is 12.2. The largest absolute Gasteiger partial charge is 0.506 e. The fourth-order valence-corrected chi connectivity index (χ4v) is 3.21. The molecule has 0 bridgehead atoms. The molecule has 1 aliphatic heterocycles. The number of aromatic hydroxyl groups is 1. The lowest BCUT2D eigenvalue weighted by Crippen LogP contribution is -2.46. The summed E-state index contributed by atoms with van der Waals surface area (Å²) >= 11 is 6.49. The molecule has 2 rings (SSSR count). The molecule has 0 atom stereocenters. The van der Waals surface area contributed by atoms with E-state index in [1.165, 1.54) is 0 Å². The molecule has 6 heteroatoms. The Morgan fingerprint density at radius 1 is 1.21 bits per heavy atom. The lowest BCUT2D eigenvalue weighted by Gasteiger charge is -2.31. The molecule has 4 nitrogen and oxygen atoms in total. The molecule has 1 heterocycles. The number of Topliss-reactive ketones (excluding diaryl/α,β-unsaturated/α-hetero) is 1. The first-order valence-corrected chi connectivity index (χ1v) is 7.68. The summed E-state index contributed by atoms with van der Waals surface area (Å²) in [6.07, 6.45) is 0. The average Bonchev–Trinajstić information content (AvgIpc) is 2.38. The molecule has 1 saturated heterocycles. The van der Waals surface area contributed by atoms with E-state index in [9.17, 15) is 9.90 Å². The van der Waals surface area contributed by atoms with E-state index in [2.05, 4.69) is 48.7 Å². The van der Waals surface area contributed by atoms with Gasteiger partial charge < -0.3 is 10.0 Å². The Bertz CT molecular complexity index is 463. The lowest BCUT2D eigenvalue weighted by atomic mass is 10.1. The summed E-state index contributed by atoms with van der Waals surface area (Å²) < 4.78 is 1.06. The highest BCUT2D eigenvalue weighted by Gasteiger charge is 2.18. The van der Waals surface area contributed by atoms with Gasteiger partial charge >= 0.3 is 0 Å². The first kappa shape index (κ1) is 15.0. The van der Waals surface area contributed by atoms with Gasteiger partial charge in [-0.3, -0.25) is 9.69 Å². The normalized spacial score (nSPS) is 17.6. The molecular weight excluding hydrogens is 376 g/mol. The van der Waals surface area contributed by atoms with E-state index in [1.54, 1.807) is 12.1 Å². The van der Waals surface area contributed by atoms with Crippen molar-refractivity contribution in [1.29, 1.82) is 0 Å². The third-order valence-corrected chi connectivity index (χ3v) is 4.51. The summed E-state index contributed by atoms with van der Waals surface area (Å²) in [6.45, 7) is 4.26. The van der Waals surface area contributed by atoms with Crippen LogP contribution in [0.15, 0.2) is 21.1 Å². The number of likely N-dealkylation sites (N-methyl/N-ethyl adjacent to an activating group) is 1. The summed E-state index contributed by atoms with van der Waals surface area (Å²) in [5.41, 5.74) is 0.607. The van der Waals surface area contributed by atoms with E-state index in [4.69, 9.17) is 0 Å². The van der Waals surface area contributed by atoms with Crippen LogP contribution in [0, 0.1) is 0 Å². The Hall–Kier alpha value is -0.430. The van der Waals surface area contributed by atoms with Gasteiger partial charge in [0.25, 0.3) is 0 Å². The fourth-order valence-electron chi connectivity index (χ4n) is 2.03. The standard InChI is InChI=1S/C13H16Br2N2O2/c1-16-2-4-17(5-3-16)8-12(18)9-6-10(14)13(19)11(15)7-9/h6-7,19H,2-5,8H2,1H3. The molecule has 1 aromatic rings. The van der Waals surface area contributed by atoms with Crippen LogP contribution in [0.4, 0.5) is 0 Å². The van der Waals surface area contributed by atoms with E-state index in [0.717, 1.165) is 26.2 Å². The van der Waals surface area contributed by atoms with E-state index >= 15 is 0 Å². The predicted octanol–water partition coefficient (Wildman–Crippen LogP) is 2.35. The van der Waals surface area contributed by atoms with Crippen LogP contribution in [0.5, 0.6) is 5.75 Å². The van der Waals surface area contributed by atoms with Gasteiger partial charge in [0.2, 0.25) is 0 Å². The topological polar surface area (TPSA) is 43.8 Å². The SMILES string of the molecule is CN1CCN(CC(=O)c2cc(Br)c(O)c(Br)c2)CC1. The molecule has 1 aromatic carbocycles. The maximum Gasteiger partial charge on any atom is 0.176 e. The number of ketones is 1. The van der Waals surface area contributed by atoms with Crippen molar-refractivity contribution in [3.05, 3.63) is 26.6 Å². The second-order valence-electron chi connectivity index (χ2n) is 4.79. The Morgan fingerprint density at radius 2 is 1.74 bits per heavy atom. The van der Waals surface area contributed by atoms with Crippen molar-refractivity contribution in [3.63, 3.8) is 0 Å². The minimum absolute atomic E-state index is 0.0750. The third kappa shape index (κ3) is 3.78. The lowest BCUT2D eigenvalue weighted by molar-refractivity contribution is 0.0876. The highest BCUT2D eigenvalue weighted by molar-refractivity contribution is 9.11. The molecule has 0 aromatic heterocycles. The van der Waals surface area contributed by atoms with E-state index in [1.807, 2.05) is 0 Å². The first-order chi connectivity index (χ1) is 8.97.